The Morgan fingerprint density at radius 2 is 1.76 bits per heavy atom. The largest absolute Gasteiger partial charge is 0.379 e. The fourth-order valence-corrected chi connectivity index (χ4v) is 2.11. The van der Waals surface area contributed by atoms with Crippen molar-refractivity contribution >= 4 is 5.69 Å². The van der Waals surface area contributed by atoms with Crippen LogP contribution in [0, 0.1) is 0 Å². The van der Waals surface area contributed by atoms with Crippen LogP contribution in [0.5, 0.6) is 0 Å². The molecule has 1 aromatic heterocycles. The Bertz CT molecular complexity index is 686. The molecule has 4 heteroatoms. The van der Waals surface area contributed by atoms with Crippen LogP contribution >= 0.6 is 0 Å². The number of aryl methyl sites for hydroxylation is 1. The number of rotatable bonds is 5. The lowest BCUT2D eigenvalue weighted by Gasteiger charge is -2.05. The summed E-state index contributed by atoms with van der Waals surface area (Å²) < 4.78 is 0. The topological polar surface area (TPSA) is 42.7 Å². The van der Waals surface area contributed by atoms with Crippen LogP contribution in [-0.2, 0) is 13.0 Å². The maximum atomic E-state index is 4.47. The van der Waals surface area contributed by atoms with Gasteiger partial charge in [-0.3, -0.25) is 0 Å². The van der Waals surface area contributed by atoms with Gasteiger partial charge in [0.25, 0.3) is 0 Å². The van der Waals surface area contributed by atoms with E-state index in [0.29, 0.717) is 6.54 Å². The Morgan fingerprint density at radius 1 is 1.00 bits per heavy atom. The average Bonchev–Trinajstić information content (AvgIpc) is 3.03. The Balaban J connectivity index is 1.64. The van der Waals surface area contributed by atoms with Gasteiger partial charge >= 0.3 is 0 Å². The standard InChI is InChI=1S/C17H18N4/c1-2-14-8-10-15(11-9-14)18-12-16-13-19-21(20-16)17-6-4-3-5-7-17/h3-11,13,18H,2,12H2,1H3. The molecule has 0 aliphatic carbocycles. The number of hydrogen-bond acceptors (Lipinski definition) is 3. The van der Waals surface area contributed by atoms with E-state index in [9.17, 15) is 0 Å². The average molecular weight is 278 g/mol. The van der Waals surface area contributed by atoms with Gasteiger partial charge < -0.3 is 5.32 Å². The monoisotopic (exact) mass is 278 g/mol. The Labute approximate surface area is 124 Å². The van der Waals surface area contributed by atoms with Gasteiger partial charge in [0.1, 0.15) is 5.69 Å². The van der Waals surface area contributed by atoms with E-state index in [1.807, 2.05) is 30.3 Å². The second-order valence-corrected chi connectivity index (χ2v) is 4.86. The maximum absolute atomic E-state index is 4.47. The van der Waals surface area contributed by atoms with E-state index in [1.165, 1.54) is 5.56 Å². The van der Waals surface area contributed by atoms with Crippen LogP contribution in [0.15, 0.2) is 60.8 Å². The molecule has 0 spiro atoms. The molecule has 1 heterocycles. The molecule has 3 aromatic rings. The highest BCUT2D eigenvalue weighted by molar-refractivity contribution is 5.44. The van der Waals surface area contributed by atoms with Crippen molar-refractivity contribution in [2.75, 3.05) is 5.32 Å². The molecular weight excluding hydrogens is 260 g/mol. The fraction of sp³-hybridized carbons (Fsp3) is 0.176. The Kier molecular flexibility index (Phi) is 3.96. The van der Waals surface area contributed by atoms with Crippen LogP contribution in [0.1, 0.15) is 18.2 Å². The van der Waals surface area contributed by atoms with Gasteiger partial charge in [0.15, 0.2) is 0 Å². The first-order valence-corrected chi connectivity index (χ1v) is 7.14. The molecule has 4 nitrogen and oxygen atoms in total. The molecule has 0 bridgehead atoms. The zero-order chi connectivity index (χ0) is 14.5. The summed E-state index contributed by atoms with van der Waals surface area (Å²) in [5.74, 6) is 0. The molecule has 0 unspecified atom stereocenters. The molecule has 0 aliphatic rings. The van der Waals surface area contributed by atoms with Crippen molar-refractivity contribution < 1.29 is 0 Å². The number of aromatic nitrogens is 3. The summed E-state index contributed by atoms with van der Waals surface area (Å²) in [6.45, 7) is 2.82. The molecule has 0 fully saturated rings. The lowest BCUT2D eigenvalue weighted by Crippen LogP contribution is -2.02. The van der Waals surface area contributed by atoms with Gasteiger partial charge in [-0.2, -0.15) is 15.0 Å². The normalized spacial score (nSPS) is 10.5. The molecule has 3 rings (SSSR count). The molecular formula is C17H18N4. The minimum Gasteiger partial charge on any atom is -0.379 e. The predicted molar refractivity (Wildman–Crippen MR) is 84.5 cm³/mol. The van der Waals surface area contributed by atoms with Gasteiger partial charge in [-0.1, -0.05) is 37.3 Å². The van der Waals surface area contributed by atoms with Crippen molar-refractivity contribution in [1.82, 2.24) is 15.0 Å². The molecule has 0 atom stereocenters. The quantitative estimate of drug-likeness (QED) is 0.777. The van der Waals surface area contributed by atoms with Crippen molar-refractivity contribution in [3.8, 4) is 5.69 Å². The summed E-state index contributed by atoms with van der Waals surface area (Å²) in [5, 5.41) is 12.1. The summed E-state index contributed by atoms with van der Waals surface area (Å²) in [7, 11) is 0. The van der Waals surface area contributed by atoms with Gasteiger partial charge in [-0.25, -0.2) is 0 Å². The van der Waals surface area contributed by atoms with Gasteiger partial charge in [0.2, 0.25) is 0 Å². The lowest BCUT2D eigenvalue weighted by molar-refractivity contribution is 0.740. The number of hydrogen-bond donors (Lipinski definition) is 1. The van der Waals surface area contributed by atoms with Gasteiger partial charge in [0, 0.05) is 5.69 Å². The first-order valence-electron chi connectivity index (χ1n) is 7.14. The van der Waals surface area contributed by atoms with Crippen molar-refractivity contribution in [1.29, 1.82) is 0 Å². The summed E-state index contributed by atoms with van der Waals surface area (Å²) >= 11 is 0. The lowest BCUT2D eigenvalue weighted by atomic mass is 10.1. The molecule has 106 valence electrons. The van der Waals surface area contributed by atoms with Crippen LogP contribution in [0.3, 0.4) is 0 Å². The summed E-state index contributed by atoms with van der Waals surface area (Å²) in [6, 6.07) is 18.4. The highest BCUT2D eigenvalue weighted by atomic mass is 15.5. The number of benzene rings is 2. The summed E-state index contributed by atoms with van der Waals surface area (Å²) in [4.78, 5) is 1.65. The minimum atomic E-state index is 0.665. The predicted octanol–water partition coefficient (Wildman–Crippen LogP) is 3.44. The molecule has 0 aliphatic heterocycles. The van der Waals surface area contributed by atoms with E-state index in [-0.39, 0.29) is 0 Å². The van der Waals surface area contributed by atoms with Crippen molar-refractivity contribution in [3.05, 3.63) is 72.1 Å². The third-order valence-electron chi connectivity index (χ3n) is 3.36. The molecule has 1 N–H and O–H groups in total. The molecule has 21 heavy (non-hydrogen) atoms. The van der Waals surface area contributed by atoms with E-state index < -0.39 is 0 Å². The molecule has 0 saturated heterocycles. The van der Waals surface area contributed by atoms with Crippen LogP contribution in [0.2, 0.25) is 0 Å². The number of anilines is 1. The number of nitrogens with one attached hydrogen (secondary N) is 1. The van der Waals surface area contributed by atoms with Crippen LogP contribution in [-0.4, -0.2) is 15.0 Å². The Hall–Kier alpha value is -2.62. The summed E-state index contributed by atoms with van der Waals surface area (Å²) in [6.07, 6.45) is 2.85. The third-order valence-corrected chi connectivity index (χ3v) is 3.36. The van der Waals surface area contributed by atoms with E-state index in [4.69, 9.17) is 0 Å². The molecule has 0 amide bonds. The van der Waals surface area contributed by atoms with Crippen LogP contribution in [0.4, 0.5) is 5.69 Å². The molecule has 0 radical (unpaired) electrons. The van der Waals surface area contributed by atoms with E-state index in [0.717, 1.165) is 23.5 Å². The van der Waals surface area contributed by atoms with Crippen molar-refractivity contribution in [3.63, 3.8) is 0 Å². The number of nitrogens with zero attached hydrogens (tertiary/aromatic N) is 3. The van der Waals surface area contributed by atoms with Crippen molar-refractivity contribution in [2.45, 2.75) is 19.9 Å². The smallest absolute Gasteiger partial charge is 0.102 e. The van der Waals surface area contributed by atoms with E-state index in [1.54, 1.807) is 11.0 Å². The first kappa shape index (κ1) is 13.4. The molecule has 0 saturated carbocycles. The van der Waals surface area contributed by atoms with Crippen LogP contribution < -0.4 is 5.32 Å². The highest BCUT2D eigenvalue weighted by Crippen LogP contribution is 2.11. The first-order chi connectivity index (χ1) is 10.3. The second kappa shape index (κ2) is 6.22. The fourth-order valence-electron chi connectivity index (χ4n) is 2.11. The van der Waals surface area contributed by atoms with E-state index >= 15 is 0 Å². The van der Waals surface area contributed by atoms with E-state index in [2.05, 4.69) is 46.7 Å². The number of para-hydroxylation sites is 1. The maximum Gasteiger partial charge on any atom is 0.102 e. The zero-order valence-electron chi connectivity index (χ0n) is 12.0. The Morgan fingerprint density at radius 3 is 2.48 bits per heavy atom. The second-order valence-electron chi connectivity index (χ2n) is 4.86. The van der Waals surface area contributed by atoms with Gasteiger partial charge in [-0.05, 0) is 36.2 Å². The molecule has 2 aromatic carbocycles. The van der Waals surface area contributed by atoms with Gasteiger partial charge in [-0.15, -0.1) is 0 Å². The van der Waals surface area contributed by atoms with Crippen molar-refractivity contribution in [2.24, 2.45) is 0 Å². The third kappa shape index (κ3) is 3.28. The SMILES string of the molecule is CCc1ccc(NCc2cnn(-c3ccccc3)n2)cc1. The highest BCUT2D eigenvalue weighted by Gasteiger charge is 2.02. The van der Waals surface area contributed by atoms with Crippen LogP contribution in [0.25, 0.3) is 5.69 Å². The van der Waals surface area contributed by atoms with Gasteiger partial charge in [0.05, 0.1) is 18.4 Å². The minimum absolute atomic E-state index is 0.665. The summed E-state index contributed by atoms with van der Waals surface area (Å²) in [5.41, 5.74) is 4.33. The zero-order valence-corrected chi connectivity index (χ0v) is 12.0.